The van der Waals surface area contributed by atoms with E-state index in [0.717, 1.165) is 11.5 Å². The van der Waals surface area contributed by atoms with Crippen molar-refractivity contribution in [3.8, 4) is 11.5 Å². The molecule has 0 aliphatic rings. The van der Waals surface area contributed by atoms with Crippen molar-refractivity contribution < 1.29 is 0 Å². The molecule has 3 heterocycles. The largest absolute Gasteiger partial charge is 0.241 e. The average molecular weight is 211 g/mol. The summed E-state index contributed by atoms with van der Waals surface area (Å²) in [4.78, 5) is 4.25. The molecule has 0 saturated heterocycles. The van der Waals surface area contributed by atoms with Crippen LogP contribution in [0.15, 0.2) is 55.2 Å². The maximum absolute atomic E-state index is 4.25. The molecule has 0 N–H and O–H groups in total. The van der Waals surface area contributed by atoms with Crippen LogP contribution in [0.25, 0.3) is 11.5 Å². The second-order valence-electron chi connectivity index (χ2n) is 3.27. The van der Waals surface area contributed by atoms with Crippen LogP contribution in [-0.4, -0.2) is 24.5 Å². The Bertz CT molecular complexity index is 519. The van der Waals surface area contributed by atoms with Gasteiger partial charge in [-0.25, -0.2) is 14.3 Å². The first-order chi connectivity index (χ1) is 7.93. The molecule has 3 aromatic rings. The van der Waals surface area contributed by atoms with Crippen LogP contribution in [0.4, 0.5) is 0 Å². The summed E-state index contributed by atoms with van der Waals surface area (Å²) in [6.45, 7) is 0. The molecule has 0 fully saturated rings. The summed E-state index contributed by atoms with van der Waals surface area (Å²) in [5, 5.41) is 8.30. The summed E-state index contributed by atoms with van der Waals surface area (Å²) in [5.41, 5.74) is 0.963. The standard InChI is InChI=1S/C11H9N5/c1-4-13-15(7-1)10-3-6-12-11(9-10)16-8-2-5-14-16/h1-9H. The number of aromatic nitrogens is 5. The van der Waals surface area contributed by atoms with Crippen LogP contribution in [0.2, 0.25) is 0 Å². The lowest BCUT2D eigenvalue weighted by atomic mass is 10.4. The van der Waals surface area contributed by atoms with Crippen molar-refractivity contribution >= 4 is 0 Å². The molecule has 0 saturated carbocycles. The summed E-state index contributed by atoms with van der Waals surface area (Å²) in [6, 6.07) is 7.58. The molecule has 0 aromatic carbocycles. The fourth-order valence-electron chi connectivity index (χ4n) is 1.50. The van der Waals surface area contributed by atoms with E-state index in [1.165, 1.54) is 0 Å². The van der Waals surface area contributed by atoms with E-state index in [9.17, 15) is 0 Å². The average Bonchev–Trinajstić information content (AvgIpc) is 3.03. The van der Waals surface area contributed by atoms with Gasteiger partial charge in [0.2, 0.25) is 0 Å². The van der Waals surface area contributed by atoms with Gasteiger partial charge in [-0.1, -0.05) is 0 Å². The molecule has 16 heavy (non-hydrogen) atoms. The lowest BCUT2D eigenvalue weighted by Gasteiger charge is -2.04. The third-order valence-corrected chi connectivity index (χ3v) is 2.24. The molecule has 3 aromatic heterocycles. The molecule has 0 aliphatic heterocycles. The van der Waals surface area contributed by atoms with Crippen molar-refractivity contribution in [1.82, 2.24) is 24.5 Å². The van der Waals surface area contributed by atoms with Gasteiger partial charge in [-0.2, -0.15) is 10.2 Å². The molecular formula is C11H9N5. The van der Waals surface area contributed by atoms with Crippen LogP contribution >= 0.6 is 0 Å². The maximum atomic E-state index is 4.25. The molecule has 0 atom stereocenters. The first-order valence-corrected chi connectivity index (χ1v) is 4.89. The van der Waals surface area contributed by atoms with Crippen LogP contribution in [0.1, 0.15) is 0 Å². The van der Waals surface area contributed by atoms with Crippen molar-refractivity contribution in [2.75, 3.05) is 0 Å². The minimum Gasteiger partial charge on any atom is -0.241 e. The van der Waals surface area contributed by atoms with E-state index in [1.807, 2.05) is 36.7 Å². The first-order valence-electron chi connectivity index (χ1n) is 4.89. The van der Waals surface area contributed by atoms with E-state index in [4.69, 9.17) is 0 Å². The van der Waals surface area contributed by atoms with E-state index in [0.29, 0.717) is 0 Å². The third kappa shape index (κ3) is 1.48. The highest BCUT2D eigenvalue weighted by Crippen LogP contribution is 2.09. The minimum absolute atomic E-state index is 0.776. The molecule has 78 valence electrons. The number of hydrogen-bond donors (Lipinski definition) is 0. The van der Waals surface area contributed by atoms with Gasteiger partial charge in [0.1, 0.15) is 0 Å². The molecule has 0 radical (unpaired) electrons. The van der Waals surface area contributed by atoms with Gasteiger partial charge in [0, 0.05) is 37.1 Å². The summed E-state index contributed by atoms with van der Waals surface area (Å²) in [5.74, 6) is 0.776. The summed E-state index contributed by atoms with van der Waals surface area (Å²) in [6.07, 6.45) is 8.96. The fourth-order valence-corrected chi connectivity index (χ4v) is 1.50. The monoisotopic (exact) mass is 211 g/mol. The molecule has 5 nitrogen and oxygen atoms in total. The Balaban J connectivity index is 2.07. The second-order valence-corrected chi connectivity index (χ2v) is 3.27. The second kappa shape index (κ2) is 3.62. The maximum Gasteiger partial charge on any atom is 0.155 e. The van der Waals surface area contributed by atoms with Gasteiger partial charge in [-0.05, 0) is 18.2 Å². The molecule has 0 aliphatic carbocycles. The minimum atomic E-state index is 0.776. The quantitative estimate of drug-likeness (QED) is 0.644. The summed E-state index contributed by atoms with van der Waals surface area (Å²) >= 11 is 0. The highest BCUT2D eigenvalue weighted by Gasteiger charge is 2.01. The van der Waals surface area contributed by atoms with Crippen LogP contribution in [0.5, 0.6) is 0 Å². The summed E-state index contributed by atoms with van der Waals surface area (Å²) in [7, 11) is 0. The van der Waals surface area contributed by atoms with Crippen LogP contribution < -0.4 is 0 Å². The molecule has 5 heteroatoms. The zero-order valence-corrected chi connectivity index (χ0v) is 8.43. The number of hydrogen-bond acceptors (Lipinski definition) is 3. The van der Waals surface area contributed by atoms with Gasteiger partial charge in [0.15, 0.2) is 5.82 Å². The Kier molecular flexibility index (Phi) is 2.00. The van der Waals surface area contributed by atoms with Gasteiger partial charge < -0.3 is 0 Å². The van der Waals surface area contributed by atoms with Gasteiger partial charge in [-0.15, -0.1) is 0 Å². The highest BCUT2D eigenvalue weighted by atomic mass is 15.3. The van der Waals surface area contributed by atoms with E-state index in [-0.39, 0.29) is 0 Å². The fraction of sp³-hybridized carbons (Fsp3) is 0. The molecule has 0 amide bonds. The Morgan fingerprint density at radius 1 is 0.875 bits per heavy atom. The van der Waals surface area contributed by atoms with Gasteiger partial charge in [-0.3, -0.25) is 0 Å². The first kappa shape index (κ1) is 8.84. The Morgan fingerprint density at radius 2 is 1.62 bits per heavy atom. The number of pyridine rings is 1. The third-order valence-electron chi connectivity index (χ3n) is 2.24. The van der Waals surface area contributed by atoms with Crippen LogP contribution in [-0.2, 0) is 0 Å². The Morgan fingerprint density at radius 3 is 2.31 bits per heavy atom. The molecule has 0 bridgehead atoms. The van der Waals surface area contributed by atoms with Crippen molar-refractivity contribution in [1.29, 1.82) is 0 Å². The van der Waals surface area contributed by atoms with Crippen molar-refractivity contribution in [2.24, 2.45) is 0 Å². The van der Waals surface area contributed by atoms with E-state index >= 15 is 0 Å². The number of nitrogens with zero attached hydrogens (tertiary/aromatic N) is 5. The summed E-state index contributed by atoms with van der Waals surface area (Å²) < 4.78 is 3.50. The van der Waals surface area contributed by atoms with E-state index in [2.05, 4.69) is 15.2 Å². The smallest absolute Gasteiger partial charge is 0.155 e. The zero-order valence-electron chi connectivity index (χ0n) is 8.43. The van der Waals surface area contributed by atoms with Crippen molar-refractivity contribution in [3.63, 3.8) is 0 Å². The SMILES string of the molecule is c1cnn(-c2ccnc(-n3cccn3)c2)c1. The predicted molar refractivity (Wildman–Crippen MR) is 58.5 cm³/mol. The van der Waals surface area contributed by atoms with Crippen LogP contribution in [0, 0.1) is 0 Å². The highest BCUT2D eigenvalue weighted by molar-refractivity contribution is 5.36. The van der Waals surface area contributed by atoms with Crippen molar-refractivity contribution in [3.05, 3.63) is 55.2 Å². The van der Waals surface area contributed by atoms with Gasteiger partial charge in [0.05, 0.1) is 5.69 Å². The topological polar surface area (TPSA) is 48.5 Å². The molecular weight excluding hydrogens is 202 g/mol. The Hall–Kier alpha value is -2.43. The number of rotatable bonds is 2. The predicted octanol–water partition coefficient (Wildman–Crippen LogP) is 1.45. The lowest BCUT2D eigenvalue weighted by Crippen LogP contribution is -2.01. The van der Waals surface area contributed by atoms with E-state index in [1.54, 1.807) is 28.0 Å². The van der Waals surface area contributed by atoms with Gasteiger partial charge >= 0.3 is 0 Å². The van der Waals surface area contributed by atoms with Crippen LogP contribution in [0.3, 0.4) is 0 Å². The van der Waals surface area contributed by atoms with E-state index < -0.39 is 0 Å². The molecule has 0 spiro atoms. The normalized spacial score (nSPS) is 10.5. The van der Waals surface area contributed by atoms with Gasteiger partial charge in [0.25, 0.3) is 0 Å². The lowest BCUT2D eigenvalue weighted by molar-refractivity contribution is 0.830. The molecule has 0 unspecified atom stereocenters. The zero-order chi connectivity index (χ0) is 10.8. The molecule has 3 rings (SSSR count). The Labute approximate surface area is 92.0 Å². The van der Waals surface area contributed by atoms with Crippen molar-refractivity contribution in [2.45, 2.75) is 0 Å².